The molecule has 1 aliphatic heterocycles. The second kappa shape index (κ2) is 7.92. The number of nitrogen functional groups attached to an aromatic ring is 1. The van der Waals surface area contributed by atoms with Gasteiger partial charge in [-0.1, -0.05) is 13.8 Å². The molecule has 2 aromatic rings. The van der Waals surface area contributed by atoms with Gasteiger partial charge in [0.25, 0.3) is 5.56 Å². The molecule has 156 valence electrons. The normalized spacial score (nSPS) is 25.0. The smallest absolute Gasteiger partial charge is 0.280 e. The minimum absolute atomic E-state index is 0.0476. The lowest BCUT2D eigenvalue weighted by Crippen LogP contribution is -2.32. The summed E-state index contributed by atoms with van der Waals surface area (Å²) in [5, 5.41) is 0. The molecular formula is C16H25N5O6P-. The monoisotopic (exact) mass is 414 g/mol. The van der Waals surface area contributed by atoms with Crippen LogP contribution in [0.4, 0.5) is 5.95 Å². The molecule has 3 N–H and O–H groups in total. The molecule has 28 heavy (non-hydrogen) atoms. The van der Waals surface area contributed by atoms with Crippen LogP contribution >= 0.6 is 7.60 Å². The zero-order valence-corrected chi connectivity index (χ0v) is 17.1. The fraction of sp³-hybridized carbons (Fsp3) is 0.688. The molecule has 0 amide bonds. The van der Waals surface area contributed by atoms with Gasteiger partial charge in [-0.3, -0.25) is 14.3 Å². The minimum atomic E-state index is -4.07. The van der Waals surface area contributed by atoms with E-state index in [4.69, 9.17) is 19.7 Å². The molecule has 0 aromatic carbocycles. The molecule has 4 atom stereocenters. The molecule has 0 spiro atoms. The predicted molar refractivity (Wildman–Crippen MR) is 99.8 cm³/mol. The van der Waals surface area contributed by atoms with Gasteiger partial charge in [-0.2, -0.15) is 4.98 Å². The Bertz CT molecular complexity index is 941. The van der Waals surface area contributed by atoms with Gasteiger partial charge >= 0.3 is 0 Å². The maximum atomic E-state index is 12.3. The van der Waals surface area contributed by atoms with Gasteiger partial charge in [-0.25, -0.2) is 4.98 Å². The molecule has 2 unspecified atom stereocenters. The topological polar surface area (TPSA) is 157 Å². The van der Waals surface area contributed by atoms with Crippen LogP contribution in [-0.2, 0) is 18.6 Å². The quantitative estimate of drug-likeness (QED) is 0.624. The number of ether oxygens (including phenoxy) is 2. The second-order valence-corrected chi connectivity index (χ2v) is 9.62. The lowest BCUT2D eigenvalue weighted by Gasteiger charge is -2.31. The number of H-pyrrole nitrogens is 1. The highest BCUT2D eigenvalue weighted by molar-refractivity contribution is 7.52. The van der Waals surface area contributed by atoms with Crippen LogP contribution in [0, 0.1) is 0 Å². The minimum Gasteiger partial charge on any atom is -0.778 e. The fourth-order valence-electron chi connectivity index (χ4n) is 2.88. The van der Waals surface area contributed by atoms with Crippen LogP contribution in [0.3, 0.4) is 0 Å². The van der Waals surface area contributed by atoms with E-state index in [2.05, 4.69) is 15.0 Å². The molecule has 0 radical (unpaired) electrons. The molecule has 0 aliphatic carbocycles. The molecule has 0 bridgehead atoms. The first-order valence-corrected chi connectivity index (χ1v) is 10.7. The number of nitrogens with one attached hydrogen (secondary N) is 1. The van der Waals surface area contributed by atoms with Crippen LogP contribution in [0.15, 0.2) is 11.1 Å². The lowest BCUT2D eigenvalue weighted by atomic mass is 10.2. The van der Waals surface area contributed by atoms with Crippen molar-refractivity contribution < 1.29 is 23.5 Å². The van der Waals surface area contributed by atoms with Gasteiger partial charge in [0.05, 0.1) is 25.1 Å². The first-order valence-electron chi connectivity index (χ1n) is 9.07. The Kier molecular flexibility index (Phi) is 5.92. The summed E-state index contributed by atoms with van der Waals surface area (Å²) in [6.07, 6.45) is -0.376. The number of rotatable bonds is 7. The molecule has 12 heteroatoms. The summed E-state index contributed by atoms with van der Waals surface area (Å²) in [7, 11) is -4.07. The summed E-state index contributed by atoms with van der Waals surface area (Å²) >= 11 is 0. The van der Waals surface area contributed by atoms with Gasteiger partial charge in [0.15, 0.2) is 11.2 Å². The van der Waals surface area contributed by atoms with Crippen molar-refractivity contribution in [2.45, 2.75) is 64.3 Å². The number of aromatic amines is 1. The van der Waals surface area contributed by atoms with E-state index in [1.54, 1.807) is 18.4 Å². The Morgan fingerprint density at radius 1 is 1.46 bits per heavy atom. The summed E-state index contributed by atoms with van der Waals surface area (Å²) in [6.45, 7) is 7.03. The maximum absolute atomic E-state index is 12.3. The Morgan fingerprint density at radius 3 is 2.82 bits per heavy atom. The number of fused-ring (bicyclic) bond motifs is 1. The van der Waals surface area contributed by atoms with Gasteiger partial charge in [0.1, 0.15) is 19.9 Å². The Labute approximate surface area is 161 Å². The standard InChI is InChI=1S/C16H26N5O6P/c1-8(2)25-6-11-10(27-28(23,24)9(3)4)5-12(26-11)21-7-18-13-14(21)19-16(17)20-15(13)22/h7-12H,5-6H2,1-4H3,(H,23,24)(H3,17,19,20,22)/p-1/t10?,11-,12-/m1/s1. The number of aromatic nitrogens is 4. The summed E-state index contributed by atoms with van der Waals surface area (Å²) in [6, 6.07) is 0. The molecule has 2 aromatic heterocycles. The van der Waals surface area contributed by atoms with E-state index in [9.17, 15) is 14.3 Å². The molecule has 11 nitrogen and oxygen atoms in total. The molecule has 3 rings (SSSR count). The number of anilines is 1. The Morgan fingerprint density at radius 2 is 2.18 bits per heavy atom. The summed E-state index contributed by atoms with van der Waals surface area (Å²) in [5.41, 5.74) is 4.88. The summed E-state index contributed by atoms with van der Waals surface area (Å²) in [5.74, 6) is -0.0476. The molecule has 0 saturated carbocycles. The van der Waals surface area contributed by atoms with Crippen molar-refractivity contribution in [3.63, 3.8) is 0 Å². The third kappa shape index (κ3) is 4.28. The van der Waals surface area contributed by atoms with Gasteiger partial charge in [0, 0.05) is 12.1 Å². The highest BCUT2D eigenvalue weighted by Crippen LogP contribution is 2.47. The van der Waals surface area contributed by atoms with Crippen molar-refractivity contribution in [1.82, 2.24) is 19.5 Å². The average molecular weight is 414 g/mol. The van der Waals surface area contributed by atoms with Crippen LogP contribution in [0.1, 0.15) is 40.3 Å². The molecule has 1 aliphatic rings. The number of nitrogens with zero attached hydrogens (tertiary/aromatic N) is 3. The number of hydrogen-bond acceptors (Lipinski definition) is 9. The van der Waals surface area contributed by atoms with Gasteiger partial charge in [-0.15, -0.1) is 0 Å². The van der Waals surface area contributed by atoms with Crippen molar-refractivity contribution in [3.05, 3.63) is 16.7 Å². The molecular weight excluding hydrogens is 389 g/mol. The SMILES string of the molecule is CC(C)OC[C@H]1O[C@@H](n2cnc3c(=O)[nH]c(N)nc32)CC1OP(=O)([O-])C(C)C. The van der Waals surface area contributed by atoms with E-state index >= 15 is 0 Å². The van der Waals surface area contributed by atoms with Crippen molar-refractivity contribution in [2.75, 3.05) is 12.3 Å². The van der Waals surface area contributed by atoms with Crippen molar-refractivity contribution in [2.24, 2.45) is 0 Å². The van der Waals surface area contributed by atoms with Crippen LogP contribution < -0.4 is 16.2 Å². The van der Waals surface area contributed by atoms with E-state index in [-0.39, 0.29) is 36.2 Å². The zero-order valence-electron chi connectivity index (χ0n) is 16.2. The summed E-state index contributed by atoms with van der Waals surface area (Å²) in [4.78, 5) is 34.8. The number of nitrogens with two attached hydrogens (primary N) is 1. The predicted octanol–water partition coefficient (Wildman–Crippen LogP) is 0.761. The van der Waals surface area contributed by atoms with E-state index in [0.717, 1.165) is 0 Å². The van der Waals surface area contributed by atoms with Crippen LogP contribution in [0.2, 0.25) is 0 Å². The molecule has 1 fully saturated rings. The van der Waals surface area contributed by atoms with Crippen molar-refractivity contribution >= 4 is 24.7 Å². The molecule has 3 heterocycles. The summed E-state index contributed by atoms with van der Waals surface area (Å²) < 4.78 is 30.9. The van der Waals surface area contributed by atoms with E-state index in [1.165, 1.54) is 6.33 Å². The fourth-order valence-corrected chi connectivity index (χ4v) is 3.73. The van der Waals surface area contributed by atoms with E-state index in [0.29, 0.717) is 0 Å². The van der Waals surface area contributed by atoms with Crippen LogP contribution in [0.25, 0.3) is 11.2 Å². The highest BCUT2D eigenvalue weighted by Gasteiger charge is 2.40. The Balaban J connectivity index is 1.89. The third-order valence-electron chi connectivity index (χ3n) is 4.45. The number of imidazole rings is 1. The van der Waals surface area contributed by atoms with E-state index in [1.807, 2.05) is 13.8 Å². The maximum Gasteiger partial charge on any atom is 0.280 e. The van der Waals surface area contributed by atoms with Crippen molar-refractivity contribution in [3.8, 4) is 0 Å². The van der Waals surface area contributed by atoms with Gasteiger partial charge < -0.3 is 29.2 Å². The highest BCUT2D eigenvalue weighted by atomic mass is 31.2. The molecule has 1 saturated heterocycles. The number of hydrogen-bond donors (Lipinski definition) is 2. The largest absolute Gasteiger partial charge is 0.778 e. The lowest BCUT2D eigenvalue weighted by molar-refractivity contribution is -0.207. The third-order valence-corrected chi connectivity index (χ3v) is 6.28. The van der Waals surface area contributed by atoms with E-state index < -0.39 is 37.2 Å². The average Bonchev–Trinajstić information content (AvgIpc) is 3.16. The first kappa shape index (κ1) is 20.9. The van der Waals surface area contributed by atoms with Crippen molar-refractivity contribution in [1.29, 1.82) is 0 Å². The van der Waals surface area contributed by atoms with Gasteiger partial charge in [0.2, 0.25) is 5.95 Å². The zero-order chi connectivity index (χ0) is 20.6. The van der Waals surface area contributed by atoms with Gasteiger partial charge in [-0.05, 0) is 13.8 Å². The second-order valence-electron chi connectivity index (χ2n) is 7.30. The van der Waals surface area contributed by atoms with Crippen LogP contribution in [0.5, 0.6) is 0 Å². The van der Waals surface area contributed by atoms with Crippen LogP contribution in [-0.4, -0.2) is 50.1 Å². The Hall–Kier alpha value is -1.78. The first-order chi connectivity index (χ1) is 13.1.